The predicted molar refractivity (Wildman–Crippen MR) is 107 cm³/mol. The summed E-state index contributed by atoms with van der Waals surface area (Å²) in [4.78, 5) is 11.9. The first-order valence-electron chi connectivity index (χ1n) is 7.98. The van der Waals surface area contributed by atoms with Gasteiger partial charge in [-0.3, -0.25) is 4.79 Å². The van der Waals surface area contributed by atoms with E-state index in [-0.39, 0.29) is 12.0 Å². The van der Waals surface area contributed by atoms with Crippen LogP contribution in [-0.4, -0.2) is 17.8 Å². The van der Waals surface area contributed by atoms with Gasteiger partial charge in [-0.05, 0) is 49.2 Å². The van der Waals surface area contributed by atoms with Crippen molar-refractivity contribution < 1.29 is 9.53 Å². The molecule has 0 aromatic heterocycles. The summed E-state index contributed by atoms with van der Waals surface area (Å²) in [6.45, 7) is 4.49. The van der Waals surface area contributed by atoms with Crippen LogP contribution in [0.25, 0.3) is 0 Å². The lowest BCUT2D eigenvalue weighted by Gasteiger charge is -2.10. The molecule has 0 saturated heterocycles. The van der Waals surface area contributed by atoms with Crippen molar-refractivity contribution in [1.29, 1.82) is 0 Å². The van der Waals surface area contributed by atoms with E-state index in [2.05, 4.69) is 5.32 Å². The van der Waals surface area contributed by atoms with Gasteiger partial charge in [0, 0.05) is 12.3 Å². The molecule has 0 unspecified atom stereocenters. The Morgan fingerprint density at radius 2 is 1.76 bits per heavy atom. The van der Waals surface area contributed by atoms with Crippen LogP contribution in [0.4, 0.5) is 0 Å². The average Bonchev–Trinajstić information content (AvgIpc) is 2.57. The van der Waals surface area contributed by atoms with Crippen LogP contribution in [-0.2, 0) is 17.1 Å². The van der Waals surface area contributed by atoms with Crippen LogP contribution in [0.3, 0.4) is 0 Å². The molecular formula is C19H21Cl2NO2S. The summed E-state index contributed by atoms with van der Waals surface area (Å²) in [5, 5.41) is 3.99. The summed E-state index contributed by atoms with van der Waals surface area (Å²) in [6, 6.07) is 13.3. The average molecular weight is 398 g/mol. The quantitative estimate of drug-likeness (QED) is 0.653. The van der Waals surface area contributed by atoms with Crippen LogP contribution in [0.5, 0.6) is 5.75 Å². The number of ether oxygens (including phenoxy) is 1. The molecule has 3 nitrogen and oxygen atoms in total. The number of hydrogen-bond donors (Lipinski definition) is 1. The van der Waals surface area contributed by atoms with Crippen LogP contribution >= 0.6 is 35.0 Å². The largest absolute Gasteiger partial charge is 0.491 e. The molecule has 0 saturated carbocycles. The maximum atomic E-state index is 11.9. The van der Waals surface area contributed by atoms with Gasteiger partial charge in [0.1, 0.15) is 5.75 Å². The van der Waals surface area contributed by atoms with Crippen LogP contribution in [0.15, 0.2) is 42.5 Å². The van der Waals surface area contributed by atoms with Crippen molar-refractivity contribution in [2.75, 3.05) is 5.75 Å². The molecule has 2 aromatic rings. The molecule has 1 N–H and O–H groups in total. The van der Waals surface area contributed by atoms with Crippen molar-refractivity contribution in [2.24, 2.45) is 0 Å². The minimum atomic E-state index is 0.00701. The Labute approximate surface area is 163 Å². The van der Waals surface area contributed by atoms with Gasteiger partial charge in [-0.2, -0.15) is 0 Å². The van der Waals surface area contributed by atoms with Crippen LogP contribution in [0, 0.1) is 0 Å². The van der Waals surface area contributed by atoms with Gasteiger partial charge < -0.3 is 10.1 Å². The normalized spacial score (nSPS) is 10.8. The Kier molecular flexibility index (Phi) is 7.94. The fraction of sp³-hybridized carbons (Fsp3) is 0.316. The number of benzene rings is 2. The first-order chi connectivity index (χ1) is 11.9. The molecule has 0 aliphatic heterocycles. The highest BCUT2D eigenvalue weighted by molar-refractivity contribution is 7.99. The first kappa shape index (κ1) is 20.0. The number of halogens is 2. The minimum Gasteiger partial charge on any atom is -0.491 e. The fourth-order valence-corrected chi connectivity index (χ4v) is 3.23. The van der Waals surface area contributed by atoms with E-state index in [1.54, 1.807) is 6.07 Å². The van der Waals surface area contributed by atoms with Gasteiger partial charge >= 0.3 is 0 Å². The monoisotopic (exact) mass is 397 g/mol. The third-order valence-corrected chi connectivity index (χ3v) is 5.01. The van der Waals surface area contributed by atoms with Gasteiger partial charge in [0.25, 0.3) is 0 Å². The number of rotatable bonds is 8. The number of hydrogen-bond acceptors (Lipinski definition) is 3. The van der Waals surface area contributed by atoms with Gasteiger partial charge in [0.2, 0.25) is 5.91 Å². The van der Waals surface area contributed by atoms with Gasteiger partial charge in [-0.15, -0.1) is 11.8 Å². The van der Waals surface area contributed by atoms with E-state index in [9.17, 15) is 4.79 Å². The standard InChI is InChI=1S/C19H21Cl2NO2S/c1-13(2)24-16-6-3-14(4-7-16)10-22-19(23)12-25-11-15-5-8-17(20)18(21)9-15/h3-9,13H,10-12H2,1-2H3,(H,22,23). The fourth-order valence-electron chi connectivity index (χ4n) is 2.10. The van der Waals surface area contributed by atoms with E-state index in [0.29, 0.717) is 28.1 Å². The van der Waals surface area contributed by atoms with Crippen LogP contribution < -0.4 is 10.1 Å². The molecular weight excluding hydrogens is 377 g/mol. The second-order valence-corrected chi connectivity index (χ2v) is 7.63. The number of thioether (sulfide) groups is 1. The molecule has 134 valence electrons. The highest BCUT2D eigenvalue weighted by Gasteiger charge is 2.05. The van der Waals surface area contributed by atoms with E-state index >= 15 is 0 Å². The summed E-state index contributed by atoms with van der Waals surface area (Å²) in [6.07, 6.45) is 0.151. The van der Waals surface area contributed by atoms with Crippen molar-refractivity contribution in [1.82, 2.24) is 5.32 Å². The highest BCUT2D eigenvalue weighted by atomic mass is 35.5. The smallest absolute Gasteiger partial charge is 0.230 e. The second kappa shape index (κ2) is 9.95. The van der Waals surface area contributed by atoms with Crippen LogP contribution in [0.2, 0.25) is 10.0 Å². The second-order valence-electron chi connectivity index (χ2n) is 5.83. The Morgan fingerprint density at radius 1 is 1.08 bits per heavy atom. The lowest BCUT2D eigenvalue weighted by atomic mass is 10.2. The maximum Gasteiger partial charge on any atom is 0.230 e. The SMILES string of the molecule is CC(C)Oc1ccc(CNC(=O)CSCc2ccc(Cl)c(Cl)c2)cc1. The zero-order valence-corrected chi connectivity index (χ0v) is 16.5. The lowest BCUT2D eigenvalue weighted by Crippen LogP contribution is -2.24. The summed E-state index contributed by atoms with van der Waals surface area (Å²) < 4.78 is 5.60. The molecule has 2 rings (SSSR count). The van der Waals surface area contributed by atoms with Crippen molar-refractivity contribution in [3.8, 4) is 5.75 Å². The molecule has 1 amide bonds. The van der Waals surface area contributed by atoms with Crippen molar-refractivity contribution in [2.45, 2.75) is 32.2 Å². The molecule has 0 radical (unpaired) electrons. The first-order valence-corrected chi connectivity index (χ1v) is 9.89. The van der Waals surface area contributed by atoms with Crippen molar-refractivity contribution in [3.63, 3.8) is 0 Å². The summed E-state index contributed by atoms with van der Waals surface area (Å²) >= 11 is 13.4. The maximum absolute atomic E-state index is 11.9. The molecule has 0 aliphatic carbocycles. The number of carbonyl (C=O) groups excluding carboxylic acids is 1. The number of carbonyl (C=O) groups is 1. The van der Waals surface area contributed by atoms with E-state index in [0.717, 1.165) is 16.9 Å². The van der Waals surface area contributed by atoms with Gasteiger partial charge in [0.15, 0.2) is 0 Å². The molecule has 2 aromatic carbocycles. The summed E-state index contributed by atoms with van der Waals surface area (Å²) in [5.41, 5.74) is 2.09. The summed E-state index contributed by atoms with van der Waals surface area (Å²) in [7, 11) is 0. The van der Waals surface area contributed by atoms with E-state index in [1.165, 1.54) is 11.8 Å². The lowest BCUT2D eigenvalue weighted by molar-refractivity contribution is -0.118. The van der Waals surface area contributed by atoms with E-state index in [4.69, 9.17) is 27.9 Å². The van der Waals surface area contributed by atoms with Crippen LogP contribution in [0.1, 0.15) is 25.0 Å². The Balaban J connectivity index is 1.70. The van der Waals surface area contributed by atoms with E-state index in [1.807, 2.05) is 50.2 Å². The zero-order chi connectivity index (χ0) is 18.2. The van der Waals surface area contributed by atoms with Gasteiger partial charge in [0.05, 0.1) is 21.9 Å². The third kappa shape index (κ3) is 7.18. The third-order valence-electron chi connectivity index (χ3n) is 3.27. The summed E-state index contributed by atoms with van der Waals surface area (Å²) in [5.74, 6) is 1.95. The minimum absolute atomic E-state index is 0.00701. The highest BCUT2D eigenvalue weighted by Crippen LogP contribution is 2.24. The van der Waals surface area contributed by atoms with Gasteiger partial charge in [-0.25, -0.2) is 0 Å². The molecule has 0 heterocycles. The Bertz CT molecular complexity index is 705. The number of nitrogens with one attached hydrogen (secondary N) is 1. The molecule has 0 aliphatic rings. The molecule has 0 atom stereocenters. The molecule has 6 heteroatoms. The molecule has 0 spiro atoms. The van der Waals surface area contributed by atoms with Crippen molar-refractivity contribution in [3.05, 3.63) is 63.6 Å². The molecule has 0 bridgehead atoms. The predicted octanol–water partition coefficient (Wildman–Crippen LogP) is 5.33. The molecule has 25 heavy (non-hydrogen) atoms. The zero-order valence-electron chi connectivity index (χ0n) is 14.2. The number of amides is 1. The molecule has 0 fully saturated rings. The topological polar surface area (TPSA) is 38.3 Å². The van der Waals surface area contributed by atoms with Crippen molar-refractivity contribution >= 4 is 40.9 Å². The van der Waals surface area contributed by atoms with E-state index < -0.39 is 0 Å². The van der Waals surface area contributed by atoms with Gasteiger partial charge in [-0.1, -0.05) is 41.4 Å². The Morgan fingerprint density at radius 3 is 2.40 bits per heavy atom. The Hall–Kier alpha value is -1.36.